The van der Waals surface area contributed by atoms with E-state index in [1.54, 1.807) is 11.0 Å². The number of carbonyl (C=O) groups excluding carboxylic acids is 1. The summed E-state index contributed by atoms with van der Waals surface area (Å²) in [5.74, 6) is -0.885. The third kappa shape index (κ3) is 3.36. The normalized spacial score (nSPS) is 10.2. The highest BCUT2D eigenvalue weighted by atomic mass is 79.9. The van der Waals surface area contributed by atoms with Crippen LogP contribution in [0.2, 0.25) is 0 Å². The number of amides is 1. The van der Waals surface area contributed by atoms with Crippen molar-refractivity contribution in [3.05, 3.63) is 23.8 Å². The summed E-state index contributed by atoms with van der Waals surface area (Å²) < 4.78 is 0. The van der Waals surface area contributed by atoms with Crippen LogP contribution in [0.4, 0.5) is 0 Å². The second-order valence-electron chi connectivity index (χ2n) is 3.60. The predicted molar refractivity (Wildman–Crippen MR) is 69.8 cm³/mol. The second-order valence-corrected chi connectivity index (χ2v) is 4.39. The summed E-state index contributed by atoms with van der Waals surface area (Å²) in [7, 11) is 0. The van der Waals surface area contributed by atoms with Gasteiger partial charge in [0.15, 0.2) is 11.5 Å². The van der Waals surface area contributed by atoms with Crippen LogP contribution in [0.5, 0.6) is 11.5 Å². The van der Waals surface area contributed by atoms with E-state index in [0.717, 1.165) is 11.8 Å². The number of halogens is 1. The zero-order chi connectivity index (χ0) is 12.8. The van der Waals surface area contributed by atoms with E-state index < -0.39 is 0 Å². The van der Waals surface area contributed by atoms with Gasteiger partial charge in [-0.25, -0.2) is 0 Å². The van der Waals surface area contributed by atoms with Crippen molar-refractivity contribution in [3.63, 3.8) is 0 Å². The SMILES string of the molecule is CCN(CCCBr)C(=O)c1cccc(O)c1O. The van der Waals surface area contributed by atoms with Crippen LogP contribution in [0, 0.1) is 0 Å². The van der Waals surface area contributed by atoms with Crippen LogP contribution in [-0.4, -0.2) is 39.4 Å². The number of phenolic OH excluding ortho intramolecular Hbond substituents is 2. The summed E-state index contributed by atoms with van der Waals surface area (Å²) in [4.78, 5) is 13.7. The first-order chi connectivity index (χ1) is 8.11. The molecule has 5 heteroatoms. The van der Waals surface area contributed by atoms with Gasteiger partial charge in [-0.1, -0.05) is 22.0 Å². The minimum absolute atomic E-state index is 0.140. The molecule has 1 amide bonds. The maximum Gasteiger partial charge on any atom is 0.257 e. The van der Waals surface area contributed by atoms with Crippen LogP contribution in [-0.2, 0) is 0 Å². The Kier molecular flexibility index (Phi) is 5.28. The Balaban J connectivity index is 2.90. The molecule has 0 aromatic heterocycles. The fourth-order valence-electron chi connectivity index (χ4n) is 1.53. The van der Waals surface area contributed by atoms with E-state index in [9.17, 15) is 15.0 Å². The lowest BCUT2D eigenvalue weighted by Crippen LogP contribution is -2.32. The quantitative estimate of drug-likeness (QED) is 0.648. The topological polar surface area (TPSA) is 60.8 Å². The Labute approximate surface area is 109 Å². The maximum atomic E-state index is 12.1. The van der Waals surface area contributed by atoms with Crippen LogP contribution in [0.1, 0.15) is 23.7 Å². The molecule has 1 aromatic rings. The van der Waals surface area contributed by atoms with Crippen molar-refractivity contribution in [2.75, 3.05) is 18.4 Å². The van der Waals surface area contributed by atoms with Crippen molar-refractivity contribution in [3.8, 4) is 11.5 Å². The molecule has 0 bridgehead atoms. The Bertz CT molecular complexity index is 395. The summed E-state index contributed by atoms with van der Waals surface area (Å²) >= 11 is 3.31. The highest BCUT2D eigenvalue weighted by molar-refractivity contribution is 9.09. The first-order valence-corrected chi connectivity index (χ1v) is 6.60. The van der Waals surface area contributed by atoms with E-state index in [2.05, 4.69) is 15.9 Å². The van der Waals surface area contributed by atoms with Crippen LogP contribution >= 0.6 is 15.9 Å². The molecule has 0 saturated carbocycles. The highest BCUT2D eigenvalue weighted by Crippen LogP contribution is 2.29. The van der Waals surface area contributed by atoms with Gasteiger partial charge in [-0.3, -0.25) is 4.79 Å². The van der Waals surface area contributed by atoms with Crippen molar-refractivity contribution in [2.24, 2.45) is 0 Å². The number of carbonyl (C=O) groups is 1. The van der Waals surface area contributed by atoms with Gasteiger partial charge in [-0.15, -0.1) is 0 Å². The Morgan fingerprint density at radius 1 is 1.41 bits per heavy atom. The number of hydrogen-bond acceptors (Lipinski definition) is 3. The largest absolute Gasteiger partial charge is 0.504 e. The molecule has 17 heavy (non-hydrogen) atoms. The number of alkyl halides is 1. The molecule has 4 nitrogen and oxygen atoms in total. The molecule has 0 heterocycles. The van der Waals surface area contributed by atoms with E-state index in [1.807, 2.05) is 6.92 Å². The standard InChI is InChI=1S/C12H16BrNO3/c1-2-14(8-4-7-13)12(17)9-5-3-6-10(15)11(9)16/h3,5-6,15-16H,2,4,7-8H2,1H3. The number of hydrogen-bond donors (Lipinski definition) is 2. The molecule has 0 aliphatic rings. The summed E-state index contributed by atoms with van der Waals surface area (Å²) in [6.45, 7) is 3.07. The number of para-hydroxylation sites is 1. The lowest BCUT2D eigenvalue weighted by Gasteiger charge is -2.21. The minimum atomic E-state index is -0.352. The molecule has 94 valence electrons. The fourth-order valence-corrected chi connectivity index (χ4v) is 1.78. The fraction of sp³-hybridized carbons (Fsp3) is 0.417. The average molecular weight is 302 g/mol. The number of nitrogens with zero attached hydrogens (tertiary/aromatic N) is 1. The van der Waals surface area contributed by atoms with Gasteiger partial charge >= 0.3 is 0 Å². The monoisotopic (exact) mass is 301 g/mol. The molecule has 1 aromatic carbocycles. The summed E-state index contributed by atoms with van der Waals surface area (Å²) in [6, 6.07) is 4.40. The molecule has 0 radical (unpaired) electrons. The zero-order valence-corrected chi connectivity index (χ0v) is 11.3. The van der Waals surface area contributed by atoms with E-state index in [-0.39, 0.29) is 23.0 Å². The van der Waals surface area contributed by atoms with Gasteiger partial charge in [0.1, 0.15) is 0 Å². The molecule has 0 fully saturated rings. The van der Waals surface area contributed by atoms with Crippen LogP contribution in [0.15, 0.2) is 18.2 Å². The molecule has 0 unspecified atom stereocenters. The Morgan fingerprint density at radius 2 is 2.12 bits per heavy atom. The third-order valence-corrected chi connectivity index (χ3v) is 3.04. The smallest absolute Gasteiger partial charge is 0.257 e. The predicted octanol–water partition coefficient (Wildman–Crippen LogP) is 2.34. The van der Waals surface area contributed by atoms with Crippen molar-refractivity contribution in [1.29, 1.82) is 0 Å². The second kappa shape index (κ2) is 6.49. The van der Waals surface area contributed by atoms with Crippen LogP contribution < -0.4 is 0 Å². The van der Waals surface area contributed by atoms with Crippen molar-refractivity contribution < 1.29 is 15.0 Å². The van der Waals surface area contributed by atoms with Crippen molar-refractivity contribution in [1.82, 2.24) is 4.90 Å². The molecule has 0 saturated heterocycles. The molecule has 0 aliphatic heterocycles. The minimum Gasteiger partial charge on any atom is -0.504 e. The third-order valence-electron chi connectivity index (χ3n) is 2.48. The van der Waals surface area contributed by atoms with Gasteiger partial charge in [0, 0.05) is 18.4 Å². The molecule has 0 aliphatic carbocycles. The number of phenols is 2. The number of benzene rings is 1. The first-order valence-electron chi connectivity index (χ1n) is 5.48. The van der Waals surface area contributed by atoms with E-state index in [1.165, 1.54) is 12.1 Å². The molecule has 0 atom stereocenters. The summed E-state index contributed by atoms with van der Waals surface area (Å²) in [5.41, 5.74) is 0.140. The van der Waals surface area contributed by atoms with E-state index in [4.69, 9.17) is 0 Å². The van der Waals surface area contributed by atoms with Gasteiger partial charge < -0.3 is 15.1 Å². The van der Waals surface area contributed by atoms with Crippen molar-refractivity contribution in [2.45, 2.75) is 13.3 Å². The molecule has 0 spiro atoms. The first kappa shape index (κ1) is 13.8. The molecule has 2 N–H and O–H groups in total. The lowest BCUT2D eigenvalue weighted by atomic mass is 10.1. The van der Waals surface area contributed by atoms with Crippen molar-refractivity contribution >= 4 is 21.8 Å². The summed E-state index contributed by atoms with van der Waals surface area (Å²) in [5, 5.41) is 19.8. The van der Waals surface area contributed by atoms with Gasteiger partial charge in [-0.2, -0.15) is 0 Å². The Morgan fingerprint density at radius 3 is 2.71 bits per heavy atom. The number of rotatable bonds is 5. The maximum absolute atomic E-state index is 12.1. The number of aromatic hydroxyl groups is 2. The van der Waals surface area contributed by atoms with E-state index >= 15 is 0 Å². The van der Waals surface area contributed by atoms with Gasteiger partial charge in [0.25, 0.3) is 5.91 Å². The van der Waals surface area contributed by atoms with E-state index in [0.29, 0.717) is 13.1 Å². The highest BCUT2D eigenvalue weighted by Gasteiger charge is 2.18. The lowest BCUT2D eigenvalue weighted by molar-refractivity contribution is 0.0761. The van der Waals surface area contributed by atoms with Crippen LogP contribution in [0.3, 0.4) is 0 Å². The average Bonchev–Trinajstić information content (AvgIpc) is 2.33. The zero-order valence-electron chi connectivity index (χ0n) is 9.69. The van der Waals surface area contributed by atoms with Gasteiger partial charge in [-0.05, 0) is 25.5 Å². The Hall–Kier alpha value is -1.23. The molecule has 1 rings (SSSR count). The molecular weight excluding hydrogens is 286 g/mol. The summed E-state index contributed by atoms with van der Waals surface area (Å²) in [6.07, 6.45) is 0.846. The van der Waals surface area contributed by atoms with Gasteiger partial charge in [0.2, 0.25) is 0 Å². The van der Waals surface area contributed by atoms with Crippen LogP contribution in [0.25, 0.3) is 0 Å². The molecular formula is C12H16BrNO3. The van der Waals surface area contributed by atoms with Gasteiger partial charge in [0.05, 0.1) is 5.56 Å².